The molecule has 0 aliphatic heterocycles. The predicted octanol–water partition coefficient (Wildman–Crippen LogP) is 4.28. The molecule has 1 aromatic rings. The van der Waals surface area contributed by atoms with E-state index in [2.05, 4.69) is 4.98 Å². The van der Waals surface area contributed by atoms with Crippen molar-refractivity contribution in [2.24, 2.45) is 0 Å². The number of aromatic nitrogens is 1. The molecule has 1 nitrogen and oxygen atoms in total. The third kappa shape index (κ3) is 6.28. The fraction of sp³-hybridized carbons (Fsp3) is 0.500. The lowest BCUT2D eigenvalue weighted by molar-refractivity contribution is -0.135. The Balaban J connectivity index is 2.07. The molecule has 1 aromatic heterocycles. The van der Waals surface area contributed by atoms with Gasteiger partial charge in [0.25, 0.3) is 0 Å². The maximum absolute atomic E-state index is 11.8. The number of unbranched alkanes of at least 4 members (excludes halogenated alkanes) is 2. The van der Waals surface area contributed by atoms with Crippen molar-refractivity contribution < 1.29 is 13.2 Å². The lowest BCUT2D eigenvalue weighted by atomic mass is 10.2. The van der Waals surface area contributed by atoms with E-state index in [0.29, 0.717) is 12.8 Å². The van der Waals surface area contributed by atoms with Gasteiger partial charge < -0.3 is 0 Å². The Morgan fingerprint density at radius 1 is 1.33 bits per heavy atom. The molecule has 1 rings (SSSR count). The maximum Gasteiger partial charge on any atom is 0.389 e. The summed E-state index contributed by atoms with van der Waals surface area (Å²) in [5.74, 6) is 0. The van der Waals surface area contributed by atoms with Crippen molar-refractivity contribution in [3.63, 3.8) is 0 Å². The van der Waals surface area contributed by atoms with Crippen LogP contribution in [-0.4, -0.2) is 11.2 Å². The van der Waals surface area contributed by atoms with Crippen molar-refractivity contribution in [1.29, 1.82) is 0 Å². The molecular formula is C10H12F3NS. The minimum absolute atomic E-state index is 0.205. The van der Waals surface area contributed by atoms with Gasteiger partial charge in [-0.3, -0.25) is 4.98 Å². The minimum Gasteiger partial charge on any atom is -0.253 e. The van der Waals surface area contributed by atoms with Gasteiger partial charge in [-0.15, -0.1) is 11.3 Å². The van der Waals surface area contributed by atoms with Crippen molar-refractivity contribution in [2.45, 2.75) is 31.9 Å². The lowest BCUT2D eigenvalue weighted by Gasteiger charge is -2.03. The number of allylic oxidation sites excluding steroid dienone is 1. The monoisotopic (exact) mass is 235 g/mol. The maximum atomic E-state index is 11.8. The molecule has 0 radical (unpaired) electrons. The Kier molecular flexibility index (Phi) is 4.81. The Hall–Kier alpha value is -0.840. The van der Waals surface area contributed by atoms with E-state index >= 15 is 0 Å². The molecular weight excluding hydrogens is 223 g/mol. The van der Waals surface area contributed by atoms with Crippen LogP contribution >= 0.6 is 11.3 Å². The highest BCUT2D eigenvalue weighted by Crippen LogP contribution is 2.22. The van der Waals surface area contributed by atoms with E-state index in [-0.39, 0.29) is 6.42 Å². The quantitative estimate of drug-likeness (QED) is 0.694. The van der Waals surface area contributed by atoms with Gasteiger partial charge in [0.05, 0.1) is 5.51 Å². The van der Waals surface area contributed by atoms with Crippen molar-refractivity contribution in [2.75, 3.05) is 0 Å². The minimum atomic E-state index is -4.01. The number of halogens is 3. The third-order valence-electron chi connectivity index (χ3n) is 1.81. The van der Waals surface area contributed by atoms with Crippen LogP contribution in [-0.2, 0) is 0 Å². The normalized spacial score (nSPS) is 12.5. The summed E-state index contributed by atoms with van der Waals surface area (Å²) in [6.07, 6.45) is 2.30. The molecule has 0 fully saturated rings. The van der Waals surface area contributed by atoms with Crippen LogP contribution in [0.2, 0.25) is 0 Å². The molecule has 0 N–H and O–H groups in total. The second-order valence-corrected chi connectivity index (χ2v) is 4.09. The molecule has 84 valence electrons. The second-order valence-electron chi connectivity index (χ2n) is 3.17. The Labute approximate surface area is 90.7 Å². The van der Waals surface area contributed by atoms with Crippen LogP contribution in [0.1, 0.15) is 30.6 Å². The zero-order valence-corrected chi connectivity index (χ0v) is 8.94. The van der Waals surface area contributed by atoms with E-state index in [4.69, 9.17) is 0 Å². The van der Waals surface area contributed by atoms with Gasteiger partial charge in [0.15, 0.2) is 0 Å². The highest BCUT2D eigenvalue weighted by molar-refractivity contribution is 7.10. The average Bonchev–Trinajstić information content (AvgIpc) is 2.61. The van der Waals surface area contributed by atoms with E-state index in [1.54, 1.807) is 11.7 Å². The van der Waals surface area contributed by atoms with Crippen LogP contribution in [0.3, 0.4) is 0 Å². The Bertz CT molecular complexity index is 290. The zero-order valence-electron chi connectivity index (χ0n) is 8.13. The first kappa shape index (κ1) is 12.2. The van der Waals surface area contributed by atoms with Gasteiger partial charge in [-0.1, -0.05) is 6.08 Å². The second kappa shape index (κ2) is 5.90. The number of thiazole rings is 1. The molecule has 0 amide bonds. The van der Waals surface area contributed by atoms with Crippen LogP contribution in [0.5, 0.6) is 0 Å². The van der Waals surface area contributed by atoms with Crippen molar-refractivity contribution >= 4 is 17.4 Å². The fourth-order valence-corrected chi connectivity index (χ4v) is 1.63. The van der Waals surface area contributed by atoms with E-state index < -0.39 is 12.6 Å². The highest BCUT2D eigenvalue weighted by atomic mass is 32.1. The molecule has 0 spiro atoms. The van der Waals surface area contributed by atoms with Crippen molar-refractivity contribution in [3.8, 4) is 0 Å². The van der Waals surface area contributed by atoms with E-state index in [1.165, 1.54) is 11.3 Å². The number of alkyl halides is 3. The largest absolute Gasteiger partial charge is 0.389 e. The molecule has 0 unspecified atom stereocenters. The Morgan fingerprint density at radius 2 is 2.13 bits per heavy atom. The fourth-order valence-electron chi connectivity index (χ4n) is 1.10. The summed E-state index contributed by atoms with van der Waals surface area (Å²) in [4.78, 5) is 4.92. The molecule has 0 atom stereocenters. The summed E-state index contributed by atoms with van der Waals surface area (Å²) in [7, 11) is 0. The van der Waals surface area contributed by atoms with E-state index in [9.17, 15) is 13.2 Å². The van der Waals surface area contributed by atoms with Gasteiger partial charge in [0.1, 0.15) is 0 Å². The molecule has 5 heteroatoms. The van der Waals surface area contributed by atoms with Gasteiger partial charge in [0.2, 0.25) is 0 Å². The van der Waals surface area contributed by atoms with Crippen molar-refractivity contribution in [3.05, 3.63) is 22.7 Å². The average molecular weight is 235 g/mol. The lowest BCUT2D eigenvalue weighted by Crippen LogP contribution is -2.05. The summed E-state index contributed by atoms with van der Waals surface area (Å²) < 4.78 is 35.3. The van der Waals surface area contributed by atoms with Gasteiger partial charge in [-0.2, -0.15) is 13.2 Å². The highest BCUT2D eigenvalue weighted by Gasteiger charge is 2.25. The SMILES string of the molecule is FC(F)(F)CCCC/C=C/c1cncs1. The summed E-state index contributed by atoms with van der Waals surface area (Å²) in [6.45, 7) is 0. The molecule has 1 heterocycles. The van der Waals surface area contributed by atoms with E-state index in [1.807, 2.05) is 12.2 Å². The van der Waals surface area contributed by atoms with Crippen LogP contribution in [0, 0.1) is 0 Å². The van der Waals surface area contributed by atoms with Crippen LogP contribution < -0.4 is 0 Å². The standard InChI is InChI=1S/C10H12F3NS/c11-10(12,13)6-4-2-1-3-5-9-7-14-8-15-9/h3,5,7-8H,1-2,4,6H2/b5-3+. The number of nitrogens with zero attached hydrogens (tertiary/aromatic N) is 1. The third-order valence-corrected chi connectivity index (χ3v) is 2.56. The van der Waals surface area contributed by atoms with Crippen molar-refractivity contribution in [1.82, 2.24) is 4.98 Å². The number of hydrogen-bond acceptors (Lipinski definition) is 2. The van der Waals surface area contributed by atoms with Gasteiger partial charge >= 0.3 is 6.18 Å². The number of hydrogen-bond donors (Lipinski definition) is 0. The van der Waals surface area contributed by atoms with Crippen LogP contribution in [0.4, 0.5) is 13.2 Å². The first-order valence-corrected chi connectivity index (χ1v) is 5.58. The van der Waals surface area contributed by atoms with Crippen LogP contribution in [0.25, 0.3) is 6.08 Å². The molecule has 0 bridgehead atoms. The summed E-state index contributed by atoms with van der Waals surface area (Å²) >= 11 is 1.51. The summed E-state index contributed by atoms with van der Waals surface area (Å²) in [5, 5.41) is 0. The van der Waals surface area contributed by atoms with Gasteiger partial charge in [-0.25, -0.2) is 0 Å². The number of rotatable bonds is 5. The summed E-state index contributed by atoms with van der Waals surface area (Å²) in [5.41, 5.74) is 1.73. The first-order valence-electron chi connectivity index (χ1n) is 4.70. The van der Waals surface area contributed by atoms with E-state index in [0.717, 1.165) is 4.88 Å². The first-order chi connectivity index (χ1) is 7.08. The Morgan fingerprint density at radius 3 is 2.73 bits per heavy atom. The van der Waals surface area contributed by atoms with Gasteiger partial charge in [0, 0.05) is 17.5 Å². The molecule has 0 aliphatic rings. The zero-order chi connectivity index (χ0) is 11.1. The molecule has 0 aliphatic carbocycles. The van der Waals surface area contributed by atoms with Crippen LogP contribution in [0.15, 0.2) is 17.8 Å². The predicted molar refractivity (Wildman–Crippen MR) is 55.7 cm³/mol. The molecule has 15 heavy (non-hydrogen) atoms. The smallest absolute Gasteiger partial charge is 0.253 e. The van der Waals surface area contributed by atoms with Gasteiger partial charge in [-0.05, 0) is 25.3 Å². The molecule has 0 saturated carbocycles. The summed E-state index contributed by atoms with van der Waals surface area (Å²) in [6, 6.07) is 0. The molecule has 0 saturated heterocycles. The molecule has 0 aromatic carbocycles. The topological polar surface area (TPSA) is 12.9 Å².